The molecule has 416 valence electrons. The summed E-state index contributed by atoms with van der Waals surface area (Å²) in [6.45, 7) is 12.4. The minimum absolute atomic E-state index is 0.0112. The lowest BCUT2D eigenvalue weighted by atomic mass is 10.00. The highest BCUT2D eigenvalue weighted by atomic mass is 32.2. The van der Waals surface area contributed by atoms with Crippen molar-refractivity contribution in [3.63, 3.8) is 0 Å². The molecule has 0 aromatic heterocycles. The number of carboxylic acid groups (broad SMARTS) is 2. The Morgan fingerprint density at radius 2 is 0.795 bits per heavy atom. The maximum absolute atomic E-state index is 14.0. The standard InChI is InChI=1S/C45H79N11O16S/c1-20(2)16-28(39(65)53-31(19-33(48)60)40(66)50-27(45(71)72)14-15-73-9)54-44(70)36(24(8)58)56-42(68)30(18-22(5)6)52-38(64)26(11-13-34(61)62)49-43(69)35(23(7)57)55-41(67)29(17-21(3)4)51-37(63)25(46)10-12-32(47)59/h20-31,35-36,57-58H,10-19,46H2,1-9H3,(H2,47,59)(H2,48,60)(H,49,69)(H,50,66)(H,51,63)(H,52,64)(H,53,65)(H,54,70)(H,55,67)(H,56,68)(H,61,62)(H,71,72)/t23-,24-,25+,26+,27+,28+,29+,30+,31+,35+,36+/m1/s1. The van der Waals surface area contributed by atoms with Crippen LogP contribution in [0, 0.1) is 17.8 Å². The second kappa shape index (κ2) is 33.6. The molecule has 0 aromatic carbocycles. The predicted octanol–water partition coefficient (Wildman–Crippen LogP) is -4.06. The first-order valence-corrected chi connectivity index (χ1v) is 25.3. The number of hydrogen-bond donors (Lipinski definition) is 15. The number of carboxylic acids is 2. The molecule has 0 aliphatic heterocycles. The van der Waals surface area contributed by atoms with E-state index >= 15 is 0 Å². The number of nitrogens with one attached hydrogen (secondary N) is 8. The second-order valence-electron chi connectivity index (χ2n) is 19.0. The van der Waals surface area contributed by atoms with Crippen molar-refractivity contribution in [3.05, 3.63) is 0 Å². The second-order valence-corrected chi connectivity index (χ2v) is 20.0. The number of aliphatic hydroxyl groups is 2. The van der Waals surface area contributed by atoms with E-state index in [9.17, 15) is 78.0 Å². The minimum atomic E-state index is -1.81. The number of amides is 10. The lowest BCUT2D eigenvalue weighted by Gasteiger charge is -2.30. The molecule has 27 nitrogen and oxygen atoms in total. The normalized spacial score (nSPS) is 15.8. The van der Waals surface area contributed by atoms with Crippen LogP contribution in [0.2, 0.25) is 0 Å². The predicted molar refractivity (Wildman–Crippen MR) is 265 cm³/mol. The van der Waals surface area contributed by atoms with Crippen molar-refractivity contribution in [3.8, 4) is 0 Å². The fourth-order valence-corrected chi connectivity index (χ4v) is 7.39. The Hall–Kier alpha value is -6.13. The van der Waals surface area contributed by atoms with Gasteiger partial charge in [0.15, 0.2) is 0 Å². The Morgan fingerprint density at radius 3 is 1.16 bits per heavy atom. The van der Waals surface area contributed by atoms with E-state index in [2.05, 4.69) is 42.5 Å². The molecule has 10 amide bonds. The van der Waals surface area contributed by atoms with Crippen molar-refractivity contribution in [2.45, 2.75) is 180 Å². The van der Waals surface area contributed by atoms with Gasteiger partial charge in [-0.1, -0.05) is 41.5 Å². The highest BCUT2D eigenvalue weighted by molar-refractivity contribution is 7.98. The van der Waals surface area contributed by atoms with Crippen molar-refractivity contribution >= 4 is 82.8 Å². The van der Waals surface area contributed by atoms with E-state index in [0.717, 1.165) is 13.8 Å². The molecular weight excluding hydrogens is 983 g/mol. The Labute approximate surface area is 428 Å². The molecule has 0 saturated heterocycles. The zero-order chi connectivity index (χ0) is 56.4. The summed E-state index contributed by atoms with van der Waals surface area (Å²) in [5, 5.41) is 59.4. The smallest absolute Gasteiger partial charge is 0.326 e. The monoisotopic (exact) mass is 1060 g/mol. The van der Waals surface area contributed by atoms with Gasteiger partial charge in [-0.25, -0.2) is 4.79 Å². The number of rotatable bonds is 36. The van der Waals surface area contributed by atoms with Gasteiger partial charge < -0.3 is 80.2 Å². The summed E-state index contributed by atoms with van der Waals surface area (Å²) in [6, 6.07) is -13.9. The average molecular weight is 1060 g/mol. The quantitative estimate of drug-likeness (QED) is 0.0284. The van der Waals surface area contributed by atoms with Crippen LogP contribution >= 0.6 is 11.8 Å². The van der Waals surface area contributed by atoms with Crippen LogP contribution in [0.15, 0.2) is 0 Å². The third-order valence-corrected chi connectivity index (χ3v) is 11.4. The van der Waals surface area contributed by atoms with E-state index in [4.69, 9.17) is 17.2 Å². The van der Waals surface area contributed by atoms with E-state index in [-0.39, 0.29) is 56.3 Å². The molecule has 0 bridgehead atoms. The van der Waals surface area contributed by atoms with E-state index in [1.807, 2.05) is 0 Å². The van der Waals surface area contributed by atoms with Gasteiger partial charge in [0, 0.05) is 12.8 Å². The molecule has 11 atom stereocenters. The molecule has 0 rings (SSSR count). The highest BCUT2D eigenvalue weighted by Gasteiger charge is 2.37. The zero-order valence-corrected chi connectivity index (χ0v) is 43.8. The number of hydrogen-bond acceptors (Lipinski definition) is 16. The van der Waals surface area contributed by atoms with Crippen molar-refractivity contribution in [1.82, 2.24) is 42.5 Å². The molecule has 18 N–H and O–H groups in total. The van der Waals surface area contributed by atoms with Crippen LogP contribution < -0.4 is 59.7 Å². The number of primary amides is 2. The third kappa shape index (κ3) is 26.9. The number of aliphatic hydroxyl groups excluding tert-OH is 2. The first-order chi connectivity index (χ1) is 33.8. The SMILES string of the molecule is CSCC[C@H](NC(=O)[C@H](CC(N)=O)NC(=O)[C@H](CC(C)C)NC(=O)[C@@H](NC(=O)[C@H](CC(C)C)NC(=O)[C@H](CCC(=O)O)NC(=O)[C@@H](NC(=O)[C@H](CC(C)C)NC(=O)[C@@H](N)CCC(N)=O)[C@@H](C)O)[C@@H](C)O)C(=O)O. The number of nitrogens with two attached hydrogens (primary N) is 3. The Balaban J connectivity index is 6.61. The molecule has 28 heteroatoms. The molecule has 0 aliphatic carbocycles. The van der Waals surface area contributed by atoms with E-state index in [0.29, 0.717) is 5.75 Å². The first kappa shape index (κ1) is 66.9. The maximum Gasteiger partial charge on any atom is 0.326 e. The lowest BCUT2D eigenvalue weighted by molar-refractivity contribution is -0.142. The molecule has 73 heavy (non-hydrogen) atoms. The fourth-order valence-electron chi connectivity index (χ4n) is 6.91. The summed E-state index contributed by atoms with van der Waals surface area (Å²) in [4.78, 5) is 155. The van der Waals surface area contributed by atoms with Gasteiger partial charge in [0.1, 0.15) is 48.3 Å². The Morgan fingerprint density at radius 1 is 0.438 bits per heavy atom. The lowest BCUT2D eigenvalue weighted by Crippen LogP contribution is -2.62. The topological polar surface area (TPSA) is 460 Å². The van der Waals surface area contributed by atoms with Crippen LogP contribution in [0.3, 0.4) is 0 Å². The third-order valence-electron chi connectivity index (χ3n) is 10.7. The summed E-state index contributed by atoms with van der Waals surface area (Å²) >= 11 is 1.32. The summed E-state index contributed by atoms with van der Waals surface area (Å²) in [6.07, 6.45) is -4.13. The van der Waals surface area contributed by atoms with Crippen LogP contribution in [0.25, 0.3) is 0 Å². The summed E-state index contributed by atoms with van der Waals surface area (Å²) in [5.74, 6) is -13.3. The first-order valence-electron chi connectivity index (χ1n) is 23.9. The van der Waals surface area contributed by atoms with E-state index in [1.165, 1.54) is 11.8 Å². The molecule has 0 unspecified atom stereocenters. The van der Waals surface area contributed by atoms with Crippen molar-refractivity contribution < 1.29 is 78.0 Å². The van der Waals surface area contributed by atoms with Gasteiger partial charge in [-0.05, 0) is 82.1 Å². The highest BCUT2D eigenvalue weighted by Crippen LogP contribution is 2.13. The minimum Gasteiger partial charge on any atom is -0.481 e. The number of aliphatic carboxylic acids is 2. The zero-order valence-electron chi connectivity index (χ0n) is 43.0. The Bertz CT molecular complexity index is 1920. The summed E-state index contributed by atoms with van der Waals surface area (Å²) in [7, 11) is 0. The molecule has 0 aromatic rings. The molecule has 0 heterocycles. The van der Waals surface area contributed by atoms with Crippen LogP contribution in [0.4, 0.5) is 0 Å². The number of carbonyl (C=O) groups is 12. The number of carbonyl (C=O) groups excluding carboxylic acids is 10. The summed E-state index contributed by atoms with van der Waals surface area (Å²) in [5.41, 5.74) is 16.3. The van der Waals surface area contributed by atoms with Crippen LogP contribution in [0.1, 0.15) is 113 Å². The van der Waals surface area contributed by atoms with Gasteiger partial charge in [-0.15, -0.1) is 0 Å². The molecular formula is C45H79N11O16S. The van der Waals surface area contributed by atoms with Gasteiger partial charge in [0.2, 0.25) is 59.1 Å². The molecule has 0 fully saturated rings. The van der Waals surface area contributed by atoms with E-state index < -0.39 is 157 Å². The molecule has 0 saturated carbocycles. The van der Waals surface area contributed by atoms with Gasteiger partial charge in [0.25, 0.3) is 0 Å². The van der Waals surface area contributed by atoms with Gasteiger partial charge in [0.05, 0.1) is 24.7 Å². The molecule has 0 radical (unpaired) electrons. The van der Waals surface area contributed by atoms with Crippen molar-refractivity contribution in [1.29, 1.82) is 0 Å². The van der Waals surface area contributed by atoms with Crippen molar-refractivity contribution in [2.75, 3.05) is 12.0 Å². The fraction of sp³-hybridized carbons (Fsp3) is 0.733. The van der Waals surface area contributed by atoms with E-state index in [1.54, 1.807) is 47.8 Å². The Kier molecular flexibility index (Phi) is 30.7. The van der Waals surface area contributed by atoms with Gasteiger partial charge in [-0.3, -0.25) is 52.7 Å². The molecule has 0 spiro atoms. The van der Waals surface area contributed by atoms with Crippen LogP contribution in [-0.4, -0.2) is 170 Å². The van der Waals surface area contributed by atoms with Crippen molar-refractivity contribution in [2.24, 2.45) is 35.0 Å². The average Bonchev–Trinajstić information content (AvgIpc) is 3.26. The number of thioether (sulfide) groups is 1. The van der Waals surface area contributed by atoms with Crippen LogP contribution in [0.5, 0.6) is 0 Å². The maximum atomic E-state index is 14.0. The summed E-state index contributed by atoms with van der Waals surface area (Å²) < 4.78 is 0. The van der Waals surface area contributed by atoms with Crippen LogP contribution in [-0.2, 0) is 57.5 Å². The largest absolute Gasteiger partial charge is 0.481 e. The van der Waals surface area contributed by atoms with Gasteiger partial charge >= 0.3 is 11.9 Å². The van der Waals surface area contributed by atoms with Gasteiger partial charge in [-0.2, -0.15) is 11.8 Å². The molecule has 0 aliphatic rings.